The first kappa shape index (κ1) is 21.0. The Bertz CT molecular complexity index is 816. The van der Waals surface area contributed by atoms with Crippen LogP contribution in [0.2, 0.25) is 5.02 Å². The number of rotatable bonds is 4. The summed E-state index contributed by atoms with van der Waals surface area (Å²) in [4.78, 5) is 2.06. The van der Waals surface area contributed by atoms with Crippen LogP contribution in [-0.4, -0.2) is 35.7 Å². The largest absolute Gasteiger partial charge is 0.383 e. The fourth-order valence-electron chi connectivity index (χ4n) is 4.50. The van der Waals surface area contributed by atoms with Crippen molar-refractivity contribution in [2.75, 3.05) is 14.1 Å². The molecule has 2 nitrogen and oxygen atoms in total. The molecule has 0 aromatic heterocycles. The van der Waals surface area contributed by atoms with Crippen LogP contribution < -0.4 is 0 Å². The summed E-state index contributed by atoms with van der Waals surface area (Å²) < 4.78 is 14.6. The van der Waals surface area contributed by atoms with Crippen LogP contribution in [0.25, 0.3) is 6.08 Å². The van der Waals surface area contributed by atoms with Crippen molar-refractivity contribution in [1.29, 1.82) is 0 Å². The standard InChI is InChI=1S/C24H29ClFNO/c1-17-9-7-14-23(27(2)3)24(28,16-19-21(25)12-8-13-22(19)26)20(17)15-18-10-5-4-6-11-18/h4-6,8,10-13,15,17,23,28H,7,9,14,16H2,1-3H3. The molecule has 1 N–H and O–H groups in total. The molecule has 28 heavy (non-hydrogen) atoms. The van der Waals surface area contributed by atoms with E-state index in [4.69, 9.17) is 11.6 Å². The third-order valence-corrected chi connectivity index (χ3v) is 6.30. The van der Waals surface area contributed by atoms with E-state index in [2.05, 4.69) is 17.9 Å². The first-order chi connectivity index (χ1) is 13.3. The Kier molecular flexibility index (Phi) is 6.59. The average Bonchev–Trinajstić information content (AvgIpc) is 2.77. The number of halogens is 2. The molecule has 1 aliphatic rings. The van der Waals surface area contributed by atoms with Crippen LogP contribution in [0.5, 0.6) is 0 Å². The molecule has 3 unspecified atom stereocenters. The van der Waals surface area contributed by atoms with Crippen LogP contribution in [0, 0.1) is 11.7 Å². The van der Waals surface area contributed by atoms with Crippen molar-refractivity contribution in [2.45, 2.75) is 44.2 Å². The van der Waals surface area contributed by atoms with E-state index < -0.39 is 5.60 Å². The van der Waals surface area contributed by atoms with Gasteiger partial charge >= 0.3 is 0 Å². The molecule has 1 aliphatic carbocycles. The van der Waals surface area contributed by atoms with Crippen molar-refractivity contribution < 1.29 is 9.50 Å². The van der Waals surface area contributed by atoms with E-state index in [1.54, 1.807) is 12.1 Å². The number of benzene rings is 2. The molecular weight excluding hydrogens is 373 g/mol. The molecule has 3 atom stereocenters. The summed E-state index contributed by atoms with van der Waals surface area (Å²) in [6, 6.07) is 14.6. The summed E-state index contributed by atoms with van der Waals surface area (Å²) >= 11 is 6.34. The summed E-state index contributed by atoms with van der Waals surface area (Å²) in [7, 11) is 3.96. The summed E-state index contributed by atoms with van der Waals surface area (Å²) in [5.41, 5.74) is 1.17. The summed E-state index contributed by atoms with van der Waals surface area (Å²) in [5, 5.41) is 12.5. The number of likely N-dealkylation sites (N-methyl/N-ethyl adjacent to an activating group) is 1. The van der Waals surface area contributed by atoms with Crippen molar-refractivity contribution in [3.63, 3.8) is 0 Å². The van der Waals surface area contributed by atoms with Gasteiger partial charge in [0.15, 0.2) is 0 Å². The second-order valence-corrected chi connectivity index (χ2v) is 8.53. The fourth-order valence-corrected chi connectivity index (χ4v) is 4.73. The van der Waals surface area contributed by atoms with E-state index in [-0.39, 0.29) is 24.2 Å². The molecule has 0 bridgehead atoms. The predicted octanol–water partition coefficient (Wildman–Crippen LogP) is 5.59. The van der Waals surface area contributed by atoms with Crippen LogP contribution in [0.4, 0.5) is 4.39 Å². The molecule has 0 spiro atoms. The lowest BCUT2D eigenvalue weighted by Crippen LogP contribution is -2.53. The van der Waals surface area contributed by atoms with Gasteiger partial charge in [0.25, 0.3) is 0 Å². The molecule has 150 valence electrons. The molecule has 0 saturated heterocycles. The topological polar surface area (TPSA) is 23.5 Å². The highest BCUT2D eigenvalue weighted by Crippen LogP contribution is 2.42. The number of aliphatic hydroxyl groups is 1. The zero-order valence-corrected chi connectivity index (χ0v) is 17.6. The van der Waals surface area contributed by atoms with Crippen LogP contribution in [-0.2, 0) is 6.42 Å². The maximum absolute atomic E-state index is 14.6. The maximum Gasteiger partial charge on any atom is 0.128 e. The highest BCUT2D eigenvalue weighted by Gasteiger charge is 2.45. The molecular formula is C24H29ClFNO. The molecule has 4 heteroatoms. The Labute approximate surface area is 172 Å². The van der Waals surface area contributed by atoms with Crippen LogP contribution in [0.3, 0.4) is 0 Å². The lowest BCUT2D eigenvalue weighted by molar-refractivity contribution is -0.00619. The molecule has 1 fully saturated rings. The molecule has 0 amide bonds. The lowest BCUT2D eigenvalue weighted by Gasteiger charge is -2.42. The van der Waals surface area contributed by atoms with Crippen molar-refractivity contribution >= 4 is 17.7 Å². The number of hydrogen-bond acceptors (Lipinski definition) is 2. The second-order valence-electron chi connectivity index (χ2n) is 8.12. The van der Waals surface area contributed by atoms with Crippen molar-refractivity contribution in [3.05, 3.63) is 76.1 Å². The molecule has 3 rings (SSSR count). The number of hydrogen-bond donors (Lipinski definition) is 1. The summed E-state index contributed by atoms with van der Waals surface area (Å²) in [6.07, 6.45) is 5.11. The van der Waals surface area contributed by atoms with Crippen LogP contribution >= 0.6 is 11.6 Å². The molecule has 2 aromatic rings. The quantitative estimate of drug-likeness (QED) is 0.675. The van der Waals surface area contributed by atoms with E-state index in [0.29, 0.717) is 10.6 Å². The fraction of sp³-hybridized carbons (Fsp3) is 0.417. The van der Waals surface area contributed by atoms with Gasteiger partial charge in [0.05, 0.1) is 0 Å². The van der Waals surface area contributed by atoms with Gasteiger partial charge in [-0.25, -0.2) is 4.39 Å². The zero-order chi connectivity index (χ0) is 20.3. The van der Waals surface area contributed by atoms with Crippen molar-refractivity contribution in [1.82, 2.24) is 4.90 Å². The van der Waals surface area contributed by atoms with Gasteiger partial charge < -0.3 is 10.0 Å². The van der Waals surface area contributed by atoms with Crippen molar-refractivity contribution in [3.8, 4) is 0 Å². The van der Waals surface area contributed by atoms with E-state index in [9.17, 15) is 9.50 Å². The summed E-state index contributed by atoms with van der Waals surface area (Å²) in [6.45, 7) is 2.15. The zero-order valence-electron chi connectivity index (χ0n) is 16.8. The lowest BCUT2D eigenvalue weighted by atomic mass is 9.75. The van der Waals surface area contributed by atoms with Gasteiger partial charge in [-0.15, -0.1) is 0 Å². The van der Waals surface area contributed by atoms with Crippen LogP contribution in [0.1, 0.15) is 37.3 Å². The van der Waals surface area contributed by atoms with E-state index >= 15 is 0 Å². The monoisotopic (exact) mass is 401 g/mol. The van der Waals surface area contributed by atoms with Gasteiger partial charge in [0.1, 0.15) is 11.4 Å². The minimum Gasteiger partial charge on any atom is -0.383 e. The summed E-state index contributed by atoms with van der Waals surface area (Å²) in [5.74, 6) is -0.171. The van der Waals surface area contributed by atoms with E-state index in [0.717, 1.165) is 30.4 Å². The SMILES string of the molecule is CC1CCCC(N(C)C)C(O)(Cc2c(F)cccc2Cl)C1=Cc1ccccc1. The Hall–Kier alpha value is -1.68. The van der Waals surface area contributed by atoms with Crippen LogP contribution in [0.15, 0.2) is 54.1 Å². The first-order valence-corrected chi connectivity index (χ1v) is 10.3. The van der Waals surface area contributed by atoms with Gasteiger partial charge in [-0.05, 0) is 56.1 Å². The van der Waals surface area contributed by atoms with Gasteiger partial charge in [0.2, 0.25) is 0 Å². The van der Waals surface area contributed by atoms with Gasteiger partial charge in [0, 0.05) is 23.0 Å². The third kappa shape index (κ3) is 4.32. The molecule has 0 radical (unpaired) electrons. The van der Waals surface area contributed by atoms with Gasteiger partial charge in [-0.1, -0.05) is 67.4 Å². The highest BCUT2D eigenvalue weighted by molar-refractivity contribution is 6.31. The maximum atomic E-state index is 14.6. The molecule has 0 aliphatic heterocycles. The van der Waals surface area contributed by atoms with E-state index in [1.807, 2.05) is 44.4 Å². The Morgan fingerprint density at radius 3 is 2.50 bits per heavy atom. The first-order valence-electron chi connectivity index (χ1n) is 9.91. The third-order valence-electron chi connectivity index (χ3n) is 5.95. The highest BCUT2D eigenvalue weighted by atomic mass is 35.5. The Morgan fingerprint density at radius 1 is 1.14 bits per heavy atom. The smallest absolute Gasteiger partial charge is 0.128 e. The molecule has 1 saturated carbocycles. The number of nitrogens with zero attached hydrogens (tertiary/aromatic N) is 1. The Morgan fingerprint density at radius 2 is 1.86 bits per heavy atom. The minimum atomic E-state index is -1.21. The van der Waals surface area contributed by atoms with Gasteiger partial charge in [-0.2, -0.15) is 0 Å². The second kappa shape index (κ2) is 8.77. The average molecular weight is 402 g/mol. The molecule has 0 heterocycles. The normalized spacial score (nSPS) is 27.2. The minimum absolute atomic E-state index is 0.122. The van der Waals surface area contributed by atoms with E-state index in [1.165, 1.54) is 6.07 Å². The predicted molar refractivity (Wildman–Crippen MR) is 115 cm³/mol. The Balaban J connectivity index is 2.16. The van der Waals surface area contributed by atoms with Crippen molar-refractivity contribution in [2.24, 2.45) is 5.92 Å². The molecule has 2 aromatic carbocycles. The van der Waals surface area contributed by atoms with Gasteiger partial charge in [-0.3, -0.25) is 0 Å².